The van der Waals surface area contributed by atoms with Crippen LogP contribution in [-0.2, 0) is 9.47 Å². The van der Waals surface area contributed by atoms with Crippen LogP contribution < -0.4 is 10.6 Å². The van der Waals surface area contributed by atoms with Gasteiger partial charge in [-0.05, 0) is 74.6 Å². The minimum absolute atomic E-state index is 0.0167. The molecule has 0 spiro atoms. The molecule has 0 saturated heterocycles. The van der Waals surface area contributed by atoms with Crippen LogP contribution in [0.5, 0.6) is 0 Å². The number of benzene rings is 4. The number of ether oxygens (including phenoxy) is 2. The summed E-state index contributed by atoms with van der Waals surface area (Å²) in [4.78, 5) is 26.1. The Balaban J connectivity index is 0.940. The molecule has 236 valence electrons. The Hall–Kier alpha value is -4.58. The molecule has 0 aliphatic heterocycles. The molecule has 1 saturated carbocycles. The van der Waals surface area contributed by atoms with Crippen molar-refractivity contribution in [2.75, 3.05) is 19.8 Å². The zero-order chi connectivity index (χ0) is 31.9. The minimum Gasteiger partial charge on any atom is -0.449 e. The first-order valence-corrected chi connectivity index (χ1v) is 16.4. The highest BCUT2D eigenvalue weighted by atomic mass is 16.6. The van der Waals surface area contributed by atoms with Gasteiger partial charge in [0, 0.05) is 24.4 Å². The highest BCUT2D eigenvalue weighted by Gasteiger charge is 2.42. The molecule has 6 nitrogen and oxygen atoms in total. The SMILES string of the molecule is CC1(C)C[C@@H](NC(=O)OCC2c3ccccc3-c3ccccc32)C[C@@](C)(CNC(=O)OCC2c3ccccc3-c3ccccc32)C1. The Morgan fingerprint density at radius 3 is 1.50 bits per heavy atom. The van der Waals surface area contributed by atoms with Crippen LogP contribution in [-0.4, -0.2) is 38.0 Å². The van der Waals surface area contributed by atoms with Crippen LogP contribution in [0.25, 0.3) is 22.3 Å². The van der Waals surface area contributed by atoms with E-state index in [-0.39, 0.29) is 41.9 Å². The van der Waals surface area contributed by atoms with E-state index in [4.69, 9.17) is 9.47 Å². The van der Waals surface area contributed by atoms with E-state index in [1.165, 1.54) is 44.5 Å². The number of hydrogen-bond donors (Lipinski definition) is 2. The summed E-state index contributed by atoms with van der Waals surface area (Å²) in [5.41, 5.74) is 9.38. The van der Waals surface area contributed by atoms with Crippen molar-refractivity contribution in [2.24, 2.45) is 10.8 Å². The monoisotopic (exact) mass is 614 g/mol. The number of alkyl carbamates (subject to hydrolysis) is 2. The Bertz CT molecular complexity index is 1690. The fourth-order valence-electron chi connectivity index (χ4n) is 8.61. The third-order valence-electron chi connectivity index (χ3n) is 10.1. The molecule has 6 heteroatoms. The number of nitrogens with one attached hydrogen (secondary N) is 2. The highest BCUT2D eigenvalue weighted by molar-refractivity contribution is 5.80. The molecule has 4 aromatic rings. The number of carbonyl (C=O) groups is 2. The molecule has 0 radical (unpaired) electrons. The quantitative estimate of drug-likeness (QED) is 0.218. The van der Waals surface area contributed by atoms with Crippen molar-refractivity contribution < 1.29 is 19.1 Å². The van der Waals surface area contributed by atoms with Gasteiger partial charge >= 0.3 is 12.2 Å². The zero-order valence-corrected chi connectivity index (χ0v) is 26.8. The first-order chi connectivity index (χ1) is 22.2. The van der Waals surface area contributed by atoms with Gasteiger partial charge in [-0.1, -0.05) is 118 Å². The van der Waals surface area contributed by atoms with E-state index in [0.717, 1.165) is 19.3 Å². The molecule has 0 heterocycles. The van der Waals surface area contributed by atoms with Crippen molar-refractivity contribution in [2.45, 2.75) is 57.9 Å². The molecule has 2 atom stereocenters. The van der Waals surface area contributed by atoms with Crippen molar-refractivity contribution >= 4 is 12.2 Å². The number of rotatable bonds is 7. The summed E-state index contributed by atoms with van der Waals surface area (Å²) in [5, 5.41) is 6.22. The summed E-state index contributed by atoms with van der Waals surface area (Å²) in [6.45, 7) is 7.68. The Morgan fingerprint density at radius 1 is 0.630 bits per heavy atom. The molecule has 0 unspecified atom stereocenters. The Morgan fingerprint density at radius 2 is 1.04 bits per heavy atom. The van der Waals surface area contributed by atoms with Crippen LogP contribution in [0.15, 0.2) is 97.1 Å². The summed E-state index contributed by atoms with van der Waals surface area (Å²) in [5.74, 6) is 0.0424. The van der Waals surface area contributed by atoms with E-state index >= 15 is 0 Å². The van der Waals surface area contributed by atoms with Gasteiger partial charge in [0.05, 0.1) is 0 Å². The maximum absolute atomic E-state index is 13.1. The van der Waals surface area contributed by atoms with Gasteiger partial charge in [0.25, 0.3) is 0 Å². The topological polar surface area (TPSA) is 76.7 Å². The van der Waals surface area contributed by atoms with Gasteiger partial charge < -0.3 is 20.1 Å². The first-order valence-electron chi connectivity index (χ1n) is 16.4. The molecule has 2 amide bonds. The van der Waals surface area contributed by atoms with Crippen LogP contribution in [0.2, 0.25) is 0 Å². The molecule has 4 aromatic carbocycles. The third kappa shape index (κ3) is 5.89. The second-order valence-corrected chi connectivity index (χ2v) is 14.4. The molecule has 3 aliphatic carbocycles. The summed E-state index contributed by atoms with van der Waals surface area (Å²) in [7, 11) is 0. The maximum atomic E-state index is 13.1. The summed E-state index contributed by atoms with van der Waals surface area (Å²) in [6, 6.07) is 33.3. The molecule has 1 fully saturated rings. The van der Waals surface area contributed by atoms with Gasteiger partial charge in [-0.15, -0.1) is 0 Å². The number of fused-ring (bicyclic) bond motifs is 6. The molecular weight excluding hydrogens is 572 g/mol. The third-order valence-corrected chi connectivity index (χ3v) is 10.1. The Kier molecular flexibility index (Phi) is 7.83. The first kappa shape index (κ1) is 30.1. The molecule has 3 aliphatic rings. The van der Waals surface area contributed by atoms with Crippen molar-refractivity contribution in [3.8, 4) is 22.3 Å². The smallest absolute Gasteiger partial charge is 0.407 e. The van der Waals surface area contributed by atoms with E-state index in [1.54, 1.807) is 0 Å². The van der Waals surface area contributed by atoms with E-state index in [2.05, 4.69) is 92.1 Å². The fourth-order valence-corrected chi connectivity index (χ4v) is 8.61. The Labute approximate surface area is 271 Å². The zero-order valence-electron chi connectivity index (χ0n) is 26.8. The van der Waals surface area contributed by atoms with Gasteiger partial charge in [0.1, 0.15) is 13.2 Å². The lowest BCUT2D eigenvalue weighted by molar-refractivity contribution is 0.0619. The minimum atomic E-state index is -0.410. The van der Waals surface area contributed by atoms with Crippen molar-refractivity contribution in [1.29, 1.82) is 0 Å². The van der Waals surface area contributed by atoms with E-state index in [1.807, 2.05) is 36.4 Å². The van der Waals surface area contributed by atoms with Gasteiger partial charge in [-0.3, -0.25) is 0 Å². The average molecular weight is 615 g/mol. The lowest BCUT2D eigenvalue weighted by Gasteiger charge is -2.46. The normalized spacial score (nSPS) is 21.0. The van der Waals surface area contributed by atoms with Crippen LogP contribution in [0, 0.1) is 10.8 Å². The van der Waals surface area contributed by atoms with Crippen LogP contribution in [0.1, 0.15) is 74.1 Å². The van der Waals surface area contributed by atoms with Crippen LogP contribution in [0.3, 0.4) is 0 Å². The largest absolute Gasteiger partial charge is 0.449 e. The second kappa shape index (κ2) is 12.0. The molecule has 0 aromatic heterocycles. The van der Waals surface area contributed by atoms with Crippen molar-refractivity contribution in [3.05, 3.63) is 119 Å². The molecule has 7 rings (SSSR count). The number of amides is 2. The number of carbonyl (C=O) groups excluding carboxylic acids is 2. The molecular formula is C40H42N2O4. The van der Waals surface area contributed by atoms with E-state index in [9.17, 15) is 9.59 Å². The predicted octanol–water partition coefficient (Wildman–Crippen LogP) is 8.65. The number of hydrogen-bond acceptors (Lipinski definition) is 4. The van der Waals surface area contributed by atoms with E-state index in [0.29, 0.717) is 6.54 Å². The van der Waals surface area contributed by atoms with Gasteiger partial charge in [-0.25, -0.2) is 9.59 Å². The standard InChI is InChI=1S/C40H42N2O4/c1-39(2)20-26(42-38(44)46-23-36-33-18-10-6-14-29(33)30-15-7-11-19-34(30)36)21-40(3,24-39)25-41-37(43)45-22-35-31-16-8-4-12-27(31)28-13-5-9-17-32(28)35/h4-19,26,35-36H,20-25H2,1-3H3,(H,41,43)(H,42,44)/t26-,40-/m1/s1. The molecule has 0 bridgehead atoms. The van der Waals surface area contributed by atoms with Gasteiger partial charge in [0.2, 0.25) is 0 Å². The van der Waals surface area contributed by atoms with E-state index < -0.39 is 12.2 Å². The molecule has 2 N–H and O–H groups in total. The van der Waals surface area contributed by atoms with Crippen LogP contribution in [0.4, 0.5) is 9.59 Å². The maximum Gasteiger partial charge on any atom is 0.407 e. The average Bonchev–Trinajstić information content (AvgIpc) is 3.53. The van der Waals surface area contributed by atoms with Crippen molar-refractivity contribution in [1.82, 2.24) is 10.6 Å². The van der Waals surface area contributed by atoms with Gasteiger partial charge in [-0.2, -0.15) is 0 Å². The summed E-state index contributed by atoms with van der Waals surface area (Å²) >= 11 is 0. The summed E-state index contributed by atoms with van der Waals surface area (Å²) in [6.07, 6.45) is 1.71. The lowest BCUT2D eigenvalue weighted by Crippen LogP contribution is -2.50. The fraction of sp³-hybridized carbons (Fsp3) is 0.350. The van der Waals surface area contributed by atoms with Crippen molar-refractivity contribution in [3.63, 3.8) is 0 Å². The molecule has 46 heavy (non-hydrogen) atoms. The second-order valence-electron chi connectivity index (χ2n) is 14.4. The lowest BCUT2D eigenvalue weighted by atomic mass is 9.62. The summed E-state index contributed by atoms with van der Waals surface area (Å²) < 4.78 is 11.7. The van der Waals surface area contributed by atoms with Gasteiger partial charge in [0.15, 0.2) is 0 Å². The predicted molar refractivity (Wildman–Crippen MR) is 181 cm³/mol. The van der Waals surface area contributed by atoms with Crippen LogP contribution >= 0.6 is 0 Å². The highest BCUT2D eigenvalue weighted by Crippen LogP contribution is 2.47.